The topological polar surface area (TPSA) is 67.7 Å². The molecule has 17 heavy (non-hydrogen) atoms. The van der Waals surface area contributed by atoms with Crippen molar-refractivity contribution in [2.24, 2.45) is 5.73 Å². The molecule has 0 bridgehead atoms. The van der Waals surface area contributed by atoms with Gasteiger partial charge in [0.25, 0.3) is 0 Å². The van der Waals surface area contributed by atoms with Crippen LogP contribution in [0.25, 0.3) is 0 Å². The molecule has 0 atom stereocenters. The Labute approximate surface area is 106 Å². The molecule has 0 aliphatic rings. The standard InChI is InChI=1S/C11H10BrFN4/c12-9-4-16-17(6-9)5-7-1-8(11(14)15)3-10(13)2-7/h1-4,6H,5H2,(H3,14,15). The van der Waals surface area contributed by atoms with E-state index >= 15 is 0 Å². The number of aromatic nitrogens is 2. The van der Waals surface area contributed by atoms with Gasteiger partial charge in [-0.25, -0.2) is 4.39 Å². The van der Waals surface area contributed by atoms with Gasteiger partial charge in [-0.2, -0.15) is 5.10 Å². The molecule has 0 aliphatic heterocycles. The first-order chi connectivity index (χ1) is 8.04. The van der Waals surface area contributed by atoms with E-state index in [1.165, 1.54) is 12.1 Å². The predicted molar refractivity (Wildman–Crippen MR) is 66.4 cm³/mol. The normalized spacial score (nSPS) is 10.5. The van der Waals surface area contributed by atoms with Gasteiger partial charge in [0.2, 0.25) is 0 Å². The SMILES string of the molecule is N=C(N)c1cc(F)cc(Cn2cc(Br)cn2)c1. The van der Waals surface area contributed by atoms with Gasteiger partial charge < -0.3 is 5.73 Å². The molecule has 0 amide bonds. The molecule has 0 radical (unpaired) electrons. The van der Waals surface area contributed by atoms with E-state index in [1.54, 1.807) is 23.1 Å². The summed E-state index contributed by atoms with van der Waals surface area (Å²) in [5, 5.41) is 11.4. The zero-order valence-electron chi connectivity index (χ0n) is 8.82. The summed E-state index contributed by atoms with van der Waals surface area (Å²) in [7, 11) is 0. The van der Waals surface area contributed by atoms with E-state index in [4.69, 9.17) is 11.1 Å². The number of amidine groups is 1. The van der Waals surface area contributed by atoms with E-state index in [0.29, 0.717) is 17.7 Å². The third kappa shape index (κ3) is 2.91. The average Bonchev–Trinajstić information content (AvgIpc) is 2.63. The van der Waals surface area contributed by atoms with Crippen molar-refractivity contribution < 1.29 is 4.39 Å². The first-order valence-corrected chi connectivity index (χ1v) is 5.66. The van der Waals surface area contributed by atoms with Crippen LogP contribution in [-0.2, 0) is 6.54 Å². The molecule has 0 spiro atoms. The van der Waals surface area contributed by atoms with Crippen molar-refractivity contribution >= 4 is 21.8 Å². The molecule has 0 unspecified atom stereocenters. The second-order valence-electron chi connectivity index (χ2n) is 3.62. The van der Waals surface area contributed by atoms with E-state index in [0.717, 1.165) is 4.47 Å². The van der Waals surface area contributed by atoms with Crippen LogP contribution in [0, 0.1) is 11.2 Å². The van der Waals surface area contributed by atoms with Crippen LogP contribution < -0.4 is 5.73 Å². The molecule has 0 fully saturated rings. The van der Waals surface area contributed by atoms with Crippen molar-refractivity contribution in [1.82, 2.24) is 9.78 Å². The Kier molecular flexibility index (Phi) is 3.23. The fourth-order valence-corrected chi connectivity index (χ4v) is 1.84. The molecule has 0 aliphatic carbocycles. The van der Waals surface area contributed by atoms with E-state index in [2.05, 4.69) is 21.0 Å². The lowest BCUT2D eigenvalue weighted by Crippen LogP contribution is -2.12. The number of halogens is 2. The summed E-state index contributed by atoms with van der Waals surface area (Å²) in [6, 6.07) is 4.33. The summed E-state index contributed by atoms with van der Waals surface area (Å²) < 4.78 is 15.8. The third-order valence-corrected chi connectivity index (χ3v) is 2.62. The highest BCUT2D eigenvalue weighted by Crippen LogP contribution is 2.12. The molecule has 6 heteroatoms. The largest absolute Gasteiger partial charge is 0.384 e. The number of nitrogens with two attached hydrogens (primary N) is 1. The maximum absolute atomic E-state index is 13.3. The lowest BCUT2D eigenvalue weighted by Gasteiger charge is -2.05. The van der Waals surface area contributed by atoms with Crippen LogP contribution in [0.2, 0.25) is 0 Å². The molecule has 88 valence electrons. The van der Waals surface area contributed by atoms with Gasteiger partial charge in [-0.05, 0) is 39.7 Å². The Morgan fingerprint density at radius 1 is 1.47 bits per heavy atom. The zero-order chi connectivity index (χ0) is 12.4. The van der Waals surface area contributed by atoms with Crippen LogP contribution >= 0.6 is 15.9 Å². The second-order valence-corrected chi connectivity index (χ2v) is 4.53. The Morgan fingerprint density at radius 3 is 2.82 bits per heavy atom. The summed E-state index contributed by atoms with van der Waals surface area (Å²) in [6.45, 7) is 0.434. The van der Waals surface area contributed by atoms with E-state index in [-0.39, 0.29) is 5.84 Å². The summed E-state index contributed by atoms with van der Waals surface area (Å²) in [4.78, 5) is 0. The molecular weight excluding hydrogens is 287 g/mol. The smallest absolute Gasteiger partial charge is 0.124 e. The van der Waals surface area contributed by atoms with Crippen LogP contribution in [0.3, 0.4) is 0 Å². The fourth-order valence-electron chi connectivity index (χ4n) is 1.51. The first kappa shape index (κ1) is 11.8. The van der Waals surface area contributed by atoms with Gasteiger partial charge in [0, 0.05) is 11.8 Å². The lowest BCUT2D eigenvalue weighted by molar-refractivity contribution is 0.619. The van der Waals surface area contributed by atoms with Crippen molar-refractivity contribution in [1.29, 1.82) is 5.41 Å². The molecule has 1 aromatic heterocycles. The predicted octanol–water partition coefficient (Wildman–Crippen LogP) is 2.12. The van der Waals surface area contributed by atoms with Crippen molar-refractivity contribution in [2.75, 3.05) is 0 Å². The first-order valence-electron chi connectivity index (χ1n) is 4.86. The number of nitrogen functional groups attached to an aromatic ring is 1. The number of nitrogens with zero attached hydrogens (tertiary/aromatic N) is 2. The molecule has 0 saturated carbocycles. The minimum absolute atomic E-state index is 0.146. The quantitative estimate of drug-likeness (QED) is 0.673. The van der Waals surface area contributed by atoms with Crippen molar-refractivity contribution in [3.05, 3.63) is 52.0 Å². The van der Waals surface area contributed by atoms with Crippen LogP contribution in [-0.4, -0.2) is 15.6 Å². The van der Waals surface area contributed by atoms with Gasteiger partial charge in [-0.3, -0.25) is 10.1 Å². The number of hydrogen-bond acceptors (Lipinski definition) is 2. The molecular formula is C11H10BrFN4. The minimum Gasteiger partial charge on any atom is -0.384 e. The zero-order valence-corrected chi connectivity index (χ0v) is 10.4. The van der Waals surface area contributed by atoms with Crippen LogP contribution in [0.15, 0.2) is 35.1 Å². The van der Waals surface area contributed by atoms with Crippen molar-refractivity contribution in [3.63, 3.8) is 0 Å². The van der Waals surface area contributed by atoms with Crippen molar-refractivity contribution in [2.45, 2.75) is 6.54 Å². The molecule has 3 N–H and O–H groups in total. The monoisotopic (exact) mass is 296 g/mol. The highest BCUT2D eigenvalue weighted by Gasteiger charge is 2.04. The fraction of sp³-hybridized carbons (Fsp3) is 0.0909. The Bertz CT molecular complexity index is 564. The molecule has 0 saturated heterocycles. The summed E-state index contributed by atoms with van der Waals surface area (Å²) in [5.41, 5.74) is 6.43. The number of benzene rings is 1. The average molecular weight is 297 g/mol. The number of hydrogen-bond donors (Lipinski definition) is 2. The number of rotatable bonds is 3. The van der Waals surface area contributed by atoms with Gasteiger partial charge in [0.05, 0.1) is 17.2 Å². The Morgan fingerprint density at radius 2 is 2.24 bits per heavy atom. The van der Waals surface area contributed by atoms with Crippen LogP contribution in [0.5, 0.6) is 0 Å². The Hall–Kier alpha value is -1.69. The van der Waals surface area contributed by atoms with Crippen molar-refractivity contribution in [3.8, 4) is 0 Å². The van der Waals surface area contributed by atoms with E-state index in [1.807, 2.05) is 0 Å². The van der Waals surface area contributed by atoms with E-state index < -0.39 is 5.82 Å². The van der Waals surface area contributed by atoms with Crippen LogP contribution in [0.4, 0.5) is 4.39 Å². The lowest BCUT2D eigenvalue weighted by atomic mass is 10.1. The van der Waals surface area contributed by atoms with Gasteiger partial charge >= 0.3 is 0 Å². The summed E-state index contributed by atoms with van der Waals surface area (Å²) in [6.07, 6.45) is 3.45. The molecule has 2 aromatic rings. The van der Waals surface area contributed by atoms with Gasteiger partial charge in [0.1, 0.15) is 11.7 Å². The third-order valence-electron chi connectivity index (χ3n) is 2.21. The summed E-state index contributed by atoms with van der Waals surface area (Å²) in [5.74, 6) is -0.550. The highest BCUT2D eigenvalue weighted by molar-refractivity contribution is 9.10. The minimum atomic E-state index is -0.404. The Balaban J connectivity index is 2.29. The van der Waals surface area contributed by atoms with E-state index in [9.17, 15) is 4.39 Å². The van der Waals surface area contributed by atoms with Gasteiger partial charge in [0.15, 0.2) is 0 Å². The second kappa shape index (κ2) is 4.67. The highest BCUT2D eigenvalue weighted by atomic mass is 79.9. The van der Waals surface area contributed by atoms with Gasteiger partial charge in [-0.1, -0.05) is 0 Å². The van der Waals surface area contributed by atoms with Gasteiger partial charge in [-0.15, -0.1) is 0 Å². The summed E-state index contributed by atoms with van der Waals surface area (Å²) >= 11 is 3.29. The van der Waals surface area contributed by atoms with Crippen LogP contribution in [0.1, 0.15) is 11.1 Å². The molecule has 2 rings (SSSR count). The number of nitrogens with one attached hydrogen (secondary N) is 1. The molecule has 1 heterocycles. The molecule has 4 nitrogen and oxygen atoms in total. The maximum Gasteiger partial charge on any atom is 0.124 e. The molecule has 1 aromatic carbocycles. The maximum atomic E-state index is 13.3.